The molecule has 4 aromatic rings. The van der Waals surface area contributed by atoms with Crippen molar-refractivity contribution in [2.45, 2.75) is 0 Å². The number of H-pyrrole nitrogens is 1. The smallest absolute Gasteiger partial charge is 0.417 e. The molecule has 0 fully saturated rings. The fourth-order valence-electron chi connectivity index (χ4n) is 2.87. The highest BCUT2D eigenvalue weighted by Gasteiger charge is 2.20. The second-order valence-electron chi connectivity index (χ2n) is 6.21. The van der Waals surface area contributed by atoms with E-state index in [9.17, 15) is 18.4 Å². The molecule has 1 aromatic heterocycles. The summed E-state index contributed by atoms with van der Waals surface area (Å²) in [5.74, 6) is -2.89. The Morgan fingerprint density at radius 1 is 1.10 bits per heavy atom. The van der Waals surface area contributed by atoms with E-state index < -0.39 is 23.3 Å². The van der Waals surface area contributed by atoms with Crippen molar-refractivity contribution in [2.75, 3.05) is 5.32 Å². The number of rotatable bonds is 5. The molecule has 0 saturated carbocycles. The molecular formula is C20H12F2IN3O4. The van der Waals surface area contributed by atoms with Crippen LogP contribution in [-0.4, -0.2) is 10.9 Å². The van der Waals surface area contributed by atoms with E-state index in [1.807, 2.05) is 22.6 Å². The molecule has 0 aliphatic heterocycles. The van der Waals surface area contributed by atoms with Gasteiger partial charge in [0.25, 0.3) is 5.91 Å². The van der Waals surface area contributed by atoms with Crippen molar-refractivity contribution in [2.24, 2.45) is 5.73 Å². The van der Waals surface area contributed by atoms with Crippen LogP contribution in [0.1, 0.15) is 10.4 Å². The summed E-state index contributed by atoms with van der Waals surface area (Å²) in [4.78, 5) is 25.9. The first-order valence-corrected chi connectivity index (χ1v) is 9.54. The van der Waals surface area contributed by atoms with Crippen molar-refractivity contribution in [3.05, 3.63) is 79.8 Å². The molecule has 4 rings (SSSR count). The number of hydrogen-bond donors (Lipinski definition) is 3. The summed E-state index contributed by atoms with van der Waals surface area (Å²) in [5, 5.41) is 2.69. The minimum Gasteiger partial charge on any atom is -0.456 e. The van der Waals surface area contributed by atoms with Gasteiger partial charge in [-0.3, -0.25) is 9.78 Å². The molecule has 0 saturated heterocycles. The molecular weight excluding hydrogens is 511 g/mol. The molecule has 1 amide bonds. The van der Waals surface area contributed by atoms with Crippen LogP contribution in [0, 0.1) is 15.2 Å². The van der Waals surface area contributed by atoms with E-state index in [0.717, 1.165) is 12.1 Å². The van der Waals surface area contributed by atoms with Crippen LogP contribution in [0.2, 0.25) is 0 Å². The maximum Gasteiger partial charge on any atom is 0.417 e. The Morgan fingerprint density at radius 3 is 2.63 bits per heavy atom. The third-order valence-corrected chi connectivity index (χ3v) is 4.81. The van der Waals surface area contributed by atoms with Crippen LogP contribution in [-0.2, 0) is 0 Å². The molecule has 4 N–H and O–H groups in total. The Bertz CT molecular complexity index is 1350. The number of amides is 1. The highest BCUT2D eigenvalue weighted by molar-refractivity contribution is 14.1. The van der Waals surface area contributed by atoms with Gasteiger partial charge >= 0.3 is 5.76 Å². The Labute approximate surface area is 181 Å². The summed E-state index contributed by atoms with van der Waals surface area (Å²) < 4.78 is 39.8. The summed E-state index contributed by atoms with van der Waals surface area (Å²) in [5.41, 5.74) is 5.94. The molecule has 0 unspecified atom stereocenters. The predicted octanol–water partition coefficient (Wildman–Crippen LogP) is 4.64. The molecule has 0 aliphatic carbocycles. The average Bonchev–Trinajstić information content (AvgIpc) is 3.02. The van der Waals surface area contributed by atoms with Gasteiger partial charge < -0.3 is 20.2 Å². The van der Waals surface area contributed by atoms with E-state index >= 15 is 0 Å². The van der Waals surface area contributed by atoms with Crippen LogP contribution in [0.15, 0.2) is 57.7 Å². The zero-order valence-corrected chi connectivity index (χ0v) is 17.1. The van der Waals surface area contributed by atoms with Crippen molar-refractivity contribution >= 4 is 51.0 Å². The summed E-state index contributed by atoms with van der Waals surface area (Å²) in [6, 6.07) is 10.8. The molecule has 10 heteroatoms. The van der Waals surface area contributed by atoms with E-state index in [4.69, 9.17) is 14.9 Å². The lowest BCUT2D eigenvalue weighted by atomic mass is 10.1. The molecule has 0 atom stereocenters. The van der Waals surface area contributed by atoms with Gasteiger partial charge in [0.2, 0.25) is 0 Å². The lowest BCUT2D eigenvalue weighted by molar-refractivity contribution is 0.0999. The van der Waals surface area contributed by atoms with Gasteiger partial charge in [-0.15, -0.1) is 0 Å². The molecule has 1 heterocycles. The molecule has 7 nitrogen and oxygen atoms in total. The highest BCUT2D eigenvalue weighted by atomic mass is 127. The lowest BCUT2D eigenvalue weighted by Gasteiger charge is -2.16. The van der Waals surface area contributed by atoms with E-state index in [-0.39, 0.29) is 34.0 Å². The second kappa shape index (κ2) is 7.78. The summed E-state index contributed by atoms with van der Waals surface area (Å²) in [7, 11) is 0. The van der Waals surface area contributed by atoms with E-state index in [1.165, 1.54) is 30.3 Å². The second-order valence-corrected chi connectivity index (χ2v) is 7.46. The average molecular weight is 523 g/mol. The largest absolute Gasteiger partial charge is 0.456 e. The van der Waals surface area contributed by atoms with Crippen LogP contribution in [0.5, 0.6) is 11.5 Å². The summed E-state index contributed by atoms with van der Waals surface area (Å²) in [6.45, 7) is 0. The number of primary amides is 1. The van der Waals surface area contributed by atoms with Gasteiger partial charge in [-0.25, -0.2) is 13.6 Å². The van der Waals surface area contributed by atoms with Crippen LogP contribution in [0.25, 0.3) is 11.1 Å². The minimum atomic E-state index is -0.910. The van der Waals surface area contributed by atoms with Crippen molar-refractivity contribution in [3.8, 4) is 11.5 Å². The van der Waals surface area contributed by atoms with Gasteiger partial charge in [0.1, 0.15) is 28.7 Å². The lowest BCUT2D eigenvalue weighted by Crippen LogP contribution is -2.15. The molecule has 30 heavy (non-hydrogen) atoms. The Morgan fingerprint density at radius 2 is 1.90 bits per heavy atom. The first-order chi connectivity index (χ1) is 14.3. The van der Waals surface area contributed by atoms with Crippen molar-refractivity contribution in [3.63, 3.8) is 0 Å². The van der Waals surface area contributed by atoms with Crippen molar-refractivity contribution in [1.29, 1.82) is 0 Å². The number of anilines is 2. The Kier molecular flexibility index (Phi) is 5.16. The number of nitrogens with one attached hydrogen (secondary N) is 2. The normalized spacial score (nSPS) is 10.9. The van der Waals surface area contributed by atoms with Gasteiger partial charge in [-0.1, -0.05) is 0 Å². The van der Waals surface area contributed by atoms with Crippen LogP contribution in [0.4, 0.5) is 20.2 Å². The number of hydrogen-bond acceptors (Lipinski definition) is 5. The molecule has 0 aliphatic rings. The van der Waals surface area contributed by atoms with Gasteiger partial charge in [0, 0.05) is 15.7 Å². The number of oxazole rings is 1. The SMILES string of the molecule is NC(=O)c1c(Nc2ccc(I)cc2F)cc(F)cc1Oc1ccc2[nH]c(=O)oc2c1. The highest BCUT2D eigenvalue weighted by Crippen LogP contribution is 2.34. The van der Waals surface area contributed by atoms with Crippen LogP contribution in [0.3, 0.4) is 0 Å². The fraction of sp³-hybridized carbons (Fsp3) is 0. The third-order valence-electron chi connectivity index (χ3n) is 4.13. The zero-order chi connectivity index (χ0) is 21.4. The number of aromatic amines is 1. The number of carbonyl (C=O) groups excluding carboxylic acids is 1. The van der Waals surface area contributed by atoms with E-state index in [2.05, 4.69) is 10.3 Å². The number of aromatic nitrogens is 1. The maximum absolute atomic E-state index is 14.3. The van der Waals surface area contributed by atoms with E-state index in [0.29, 0.717) is 9.09 Å². The summed E-state index contributed by atoms with van der Waals surface area (Å²) in [6.07, 6.45) is 0. The maximum atomic E-state index is 14.3. The number of nitrogens with two attached hydrogens (primary N) is 1. The number of ether oxygens (including phenoxy) is 1. The Balaban J connectivity index is 1.76. The predicted molar refractivity (Wildman–Crippen MR) is 114 cm³/mol. The first-order valence-electron chi connectivity index (χ1n) is 8.46. The van der Waals surface area contributed by atoms with Gasteiger partial charge in [-0.05, 0) is 59.0 Å². The number of carbonyl (C=O) groups is 1. The topological polar surface area (TPSA) is 110 Å². The minimum absolute atomic E-state index is 0.0324. The molecule has 152 valence electrons. The van der Waals surface area contributed by atoms with Crippen LogP contribution >= 0.6 is 22.6 Å². The quantitative estimate of drug-likeness (QED) is 0.331. The molecule has 0 bridgehead atoms. The number of fused-ring (bicyclic) bond motifs is 1. The molecule has 0 radical (unpaired) electrons. The summed E-state index contributed by atoms with van der Waals surface area (Å²) >= 11 is 1.95. The van der Waals surface area contributed by atoms with Gasteiger partial charge in [0.15, 0.2) is 5.58 Å². The standard InChI is InChI=1S/C20H12F2IN3O4/c21-9-5-15(25-13-3-1-10(23)7-12(13)22)18(19(24)27)17(6-9)29-11-2-4-14-16(8-11)30-20(28)26-14/h1-8,25H,(H2,24,27)(H,26,28). The molecule has 3 aromatic carbocycles. The molecule has 0 spiro atoms. The van der Waals surface area contributed by atoms with Gasteiger partial charge in [-0.2, -0.15) is 0 Å². The first kappa shape index (κ1) is 19.9. The third kappa shape index (κ3) is 3.99. The number of halogens is 3. The van der Waals surface area contributed by atoms with Gasteiger partial charge in [0.05, 0.1) is 16.9 Å². The van der Waals surface area contributed by atoms with E-state index in [1.54, 1.807) is 6.07 Å². The van der Waals surface area contributed by atoms with Crippen molar-refractivity contribution in [1.82, 2.24) is 4.98 Å². The zero-order valence-electron chi connectivity index (χ0n) is 15.0. The fourth-order valence-corrected chi connectivity index (χ4v) is 3.32. The number of benzene rings is 3. The Hall–Kier alpha value is -3.41. The van der Waals surface area contributed by atoms with Crippen LogP contribution < -0.4 is 21.5 Å². The van der Waals surface area contributed by atoms with Crippen molar-refractivity contribution < 1.29 is 22.7 Å². The monoisotopic (exact) mass is 523 g/mol.